The number of hydrogen-bond donors (Lipinski definition) is 1. The lowest BCUT2D eigenvalue weighted by Crippen LogP contribution is -2.27. The fourth-order valence-corrected chi connectivity index (χ4v) is 2.61. The van der Waals surface area contributed by atoms with Gasteiger partial charge in [-0.05, 0) is 25.1 Å². The molecule has 0 saturated heterocycles. The Labute approximate surface area is 135 Å². The Balaban J connectivity index is 2.27. The van der Waals surface area contributed by atoms with Crippen molar-refractivity contribution in [2.75, 3.05) is 19.7 Å². The Kier molecular flexibility index (Phi) is 5.84. The summed E-state index contributed by atoms with van der Waals surface area (Å²) in [6.07, 6.45) is 2.96. The maximum absolute atomic E-state index is 10.8. The van der Waals surface area contributed by atoms with E-state index in [1.54, 1.807) is 16.8 Å². The smallest absolute Gasteiger partial charge is 0.269 e. The minimum absolute atomic E-state index is 0.0686. The Morgan fingerprint density at radius 2 is 2.00 bits per heavy atom. The average molecular weight is 318 g/mol. The molecule has 7 heteroatoms. The van der Waals surface area contributed by atoms with E-state index in [0.717, 1.165) is 29.8 Å². The summed E-state index contributed by atoms with van der Waals surface area (Å²) in [7, 11) is 1.86. The number of aromatic nitrogens is 2. The zero-order valence-corrected chi connectivity index (χ0v) is 13.5. The number of benzene rings is 1. The lowest BCUT2D eigenvalue weighted by Gasteiger charge is -2.20. The van der Waals surface area contributed by atoms with Crippen molar-refractivity contribution < 1.29 is 10.0 Å². The molecule has 0 saturated carbocycles. The predicted octanol–water partition coefficient (Wildman–Crippen LogP) is 2.20. The van der Waals surface area contributed by atoms with Gasteiger partial charge < -0.3 is 5.11 Å². The summed E-state index contributed by atoms with van der Waals surface area (Å²) in [5.74, 6) is 0. The van der Waals surface area contributed by atoms with Crippen molar-refractivity contribution in [3.8, 4) is 11.3 Å². The second-order valence-corrected chi connectivity index (χ2v) is 5.48. The SMILES string of the molecule is CCCN(CCO)Cc1cn(C)nc1-c1ccc([N+](=O)[O-])cc1. The van der Waals surface area contributed by atoms with Gasteiger partial charge >= 0.3 is 0 Å². The molecule has 0 fully saturated rings. The monoisotopic (exact) mass is 318 g/mol. The first-order valence-corrected chi connectivity index (χ1v) is 7.65. The van der Waals surface area contributed by atoms with Crippen molar-refractivity contribution in [3.63, 3.8) is 0 Å². The lowest BCUT2D eigenvalue weighted by atomic mass is 10.1. The van der Waals surface area contributed by atoms with Crippen LogP contribution in [0.5, 0.6) is 0 Å². The Morgan fingerprint density at radius 3 is 2.57 bits per heavy atom. The van der Waals surface area contributed by atoms with Crippen LogP contribution in [0.25, 0.3) is 11.3 Å². The van der Waals surface area contributed by atoms with Gasteiger partial charge in [0, 0.05) is 49.6 Å². The van der Waals surface area contributed by atoms with Gasteiger partial charge in [-0.1, -0.05) is 6.92 Å². The van der Waals surface area contributed by atoms with Crippen molar-refractivity contribution in [1.82, 2.24) is 14.7 Å². The number of rotatable bonds is 8. The number of aliphatic hydroxyl groups excluding tert-OH is 1. The van der Waals surface area contributed by atoms with Crippen molar-refractivity contribution in [1.29, 1.82) is 0 Å². The van der Waals surface area contributed by atoms with Gasteiger partial charge in [-0.25, -0.2) is 0 Å². The van der Waals surface area contributed by atoms with Crippen molar-refractivity contribution in [2.45, 2.75) is 19.9 Å². The summed E-state index contributed by atoms with van der Waals surface area (Å²) in [4.78, 5) is 12.5. The second kappa shape index (κ2) is 7.85. The zero-order valence-electron chi connectivity index (χ0n) is 13.5. The first-order chi connectivity index (χ1) is 11.0. The maximum atomic E-state index is 10.8. The lowest BCUT2D eigenvalue weighted by molar-refractivity contribution is -0.384. The molecule has 0 aliphatic heterocycles. The van der Waals surface area contributed by atoms with Gasteiger partial charge in [0.15, 0.2) is 0 Å². The molecule has 23 heavy (non-hydrogen) atoms. The summed E-state index contributed by atoms with van der Waals surface area (Å²) < 4.78 is 1.75. The van der Waals surface area contributed by atoms with Crippen LogP contribution in [-0.2, 0) is 13.6 Å². The molecule has 0 spiro atoms. The molecule has 0 amide bonds. The van der Waals surface area contributed by atoms with Crippen LogP contribution in [0.3, 0.4) is 0 Å². The summed E-state index contributed by atoms with van der Waals surface area (Å²) in [5.41, 5.74) is 2.79. The summed E-state index contributed by atoms with van der Waals surface area (Å²) in [5, 5.41) is 24.4. The number of nitro benzene ring substituents is 1. The van der Waals surface area contributed by atoms with E-state index in [1.807, 2.05) is 13.2 Å². The van der Waals surface area contributed by atoms with Gasteiger partial charge in [-0.2, -0.15) is 5.10 Å². The molecule has 0 bridgehead atoms. The Hall–Kier alpha value is -2.25. The largest absolute Gasteiger partial charge is 0.395 e. The van der Waals surface area contributed by atoms with Crippen molar-refractivity contribution in [3.05, 3.63) is 46.1 Å². The number of hydrogen-bond acceptors (Lipinski definition) is 5. The van der Waals surface area contributed by atoms with E-state index in [4.69, 9.17) is 0 Å². The first-order valence-electron chi connectivity index (χ1n) is 7.65. The van der Waals surface area contributed by atoms with Gasteiger partial charge in [0.05, 0.1) is 17.2 Å². The molecule has 1 N–H and O–H groups in total. The third-order valence-electron chi connectivity index (χ3n) is 3.61. The highest BCUT2D eigenvalue weighted by Gasteiger charge is 2.15. The predicted molar refractivity (Wildman–Crippen MR) is 88.0 cm³/mol. The highest BCUT2D eigenvalue weighted by atomic mass is 16.6. The highest BCUT2D eigenvalue weighted by Crippen LogP contribution is 2.25. The fraction of sp³-hybridized carbons (Fsp3) is 0.438. The van der Waals surface area contributed by atoms with Crippen LogP contribution in [0.15, 0.2) is 30.5 Å². The summed E-state index contributed by atoms with van der Waals surface area (Å²) in [6.45, 7) is 4.42. The third-order valence-corrected chi connectivity index (χ3v) is 3.61. The summed E-state index contributed by atoms with van der Waals surface area (Å²) >= 11 is 0. The maximum Gasteiger partial charge on any atom is 0.269 e. The molecule has 124 valence electrons. The number of nitrogens with zero attached hydrogens (tertiary/aromatic N) is 4. The number of nitro groups is 1. The molecular formula is C16H22N4O3. The van der Waals surface area contributed by atoms with Crippen LogP contribution in [0.2, 0.25) is 0 Å². The Morgan fingerprint density at radius 1 is 1.30 bits per heavy atom. The molecule has 0 aliphatic carbocycles. The Bertz CT molecular complexity index is 646. The fourth-order valence-electron chi connectivity index (χ4n) is 2.61. The molecule has 2 aromatic rings. The summed E-state index contributed by atoms with van der Waals surface area (Å²) in [6, 6.07) is 6.43. The van der Waals surface area contributed by atoms with E-state index in [0.29, 0.717) is 13.1 Å². The highest BCUT2D eigenvalue weighted by molar-refractivity contribution is 5.64. The van der Waals surface area contributed by atoms with E-state index in [1.165, 1.54) is 12.1 Å². The van der Waals surface area contributed by atoms with Gasteiger partial charge in [0.2, 0.25) is 0 Å². The van der Waals surface area contributed by atoms with Crippen molar-refractivity contribution >= 4 is 5.69 Å². The van der Waals surface area contributed by atoms with E-state index in [2.05, 4.69) is 16.9 Å². The van der Waals surface area contributed by atoms with Crippen LogP contribution in [-0.4, -0.2) is 44.4 Å². The quantitative estimate of drug-likeness (QED) is 0.596. The molecule has 7 nitrogen and oxygen atoms in total. The molecular weight excluding hydrogens is 296 g/mol. The average Bonchev–Trinajstić information content (AvgIpc) is 2.88. The third kappa shape index (κ3) is 4.37. The number of non-ortho nitro benzene ring substituents is 1. The molecule has 2 rings (SSSR count). The molecule has 1 heterocycles. The molecule has 0 unspecified atom stereocenters. The van der Waals surface area contributed by atoms with E-state index in [9.17, 15) is 15.2 Å². The minimum atomic E-state index is -0.409. The van der Waals surface area contributed by atoms with Crippen molar-refractivity contribution in [2.24, 2.45) is 7.05 Å². The van der Waals surface area contributed by atoms with Gasteiger partial charge in [-0.3, -0.25) is 19.7 Å². The number of aryl methyl sites for hydroxylation is 1. The van der Waals surface area contributed by atoms with E-state index < -0.39 is 4.92 Å². The van der Waals surface area contributed by atoms with Crippen LogP contribution in [0.1, 0.15) is 18.9 Å². The van der Waals surface area contributed by atoms with Crippen LogP contribution < -0.4 is 0 Å². The van der Waals surface area contributed by atoms with E-state index in [-0.39, 0.29) is 12.3 Å². The van der Waals surface area contributed by atoms with E-state index >= 15 is 0 Å². The van der Waals surface area contributed by atoms with Crippen LogP contribution >= 0.6 is 0 Å². The van der Waals surface area contributed by atoms with Gasteiger partial charge in [0.25, 0.3) is 5.69 Å². The molecule has 0 aliphatic rings. The molecule has 1 aromatic carbocycles. The first kappa shape index (κ1) is 17.1. The molecule has 0 atom stereocenters. The molecule has 1 aromatic heterocycles. The molecule has 0 radical (unpaired) electrons. The minimum Gasteiger partial charge on any atom is -0.395 e. The standard InChI is InChI=1S/C16H22N4O3/c1-3-8-19(9-10-21)12-14-11-18(2)17-16(14)13-4-6-15(7-5-13)20(22)23/h4-7,11,21H,3,8-10,12H2,1-2H3. The number of aliphatic hydroxyl groups is 1. The zero-order chi connectivity index (χ0) is 16.8. The second-order valence-electron chi connectivity index (χ2n) is 5.48. The van der Waals surface area contributed by atoms with Crippen LogP contribution in [0, 0.1) is 10.1 Å². The van der Waals surface area contributed by atoms with Gasteiger partial charge in [0.1, 0.15) is 0 Å². The normalized spacial score (nSPS) is 11.1. The van der Waals surface area contributed by atoms with Gasteiger partial charge in [-0.15, -0.1) is 0 Å². The topological polar surface area (TPSA) is 84.4 Å². The van der Waals surface area contributed by atoms with Crippen LogP contribution in [0.4, 0.5) is 5.69 Å².